The van der Waals surface area contributed by atoms with Crippen LogP contribution in [0.5, 0.6) is 5.75 Å². The van der Waals surface area contributed by atoms with Crippen molar-refractivity contribution in [2.45, 2.75) is 25.8 Å². The lowest BCUT2D eigenvalue weighted by molar-refractivity contribution is -0.196. The van der Waals surface area contributed by atoms with Gasteiger partial charge in [-0.25, -0.2) is 0 Å². The van der Waals surface area contributed by atoms with Crippen molar-refractivity contribution >= 4 is 5.69 Å². The van der Waals surface area contributed by atoms with Gasteiger partial charge in [0.2, 0.25) is 0 Å². The number of rotatable bonds is 8. The molecule has 0 saturated carbocycles. The minimum Gasteiger partial charge on any atom is -0.497 e. The maximum Gasteiger partial charge on any atom is 0.345 e. The molecule has 0 aromatic heterocycles. The summed E-state index contributed by atoms with van der Waals surface area (Å²) in [5.74, 6) is 0.847. The SMILES string of the molecule is COc1ccc(CNc2ccc(CN3CC(OC(F)F)C3)cc2)cc1. The van der Waals surface area contributed by atoms with Crippen LogP contribution in [0, 0.1) is 0 Å². The van der Waals surface area contributed by atoms with Crippen molar-refractivity contribution in [1.29, 1.82) is 0 Å². The number of nitrogens with zero attached hydrogens (tertiary/aromatic N) is 1. The van der Waals surface area contributed by atoms with E-state index < -0.39 is 6.61 Å². The highest BCUT2D eigenvalue weighted by atomic mass is 19.3. The fourth-order valence-electron chi connectivity index (χ4n) is 2.82. The molecule has 0 aliphatic carbocycles. The molecular formula is C19H22F2N2O2. The van der Waals surface area contributed by atoms with Crippen LogP contribution in [0.3, 0.4) is 0 Å². The zero-order chi connectivity index (χ0) is 17.6. The van der Waals surface area contributed by atoms with Gasteiger partial charge in [-0.05, 0) is 35.4 Å². The smallest absolute Gasteiger partial charge is 0.345 e. The van der Waals surface area contributed by atoms with E-state index in [0.717, 1.165) is 30.1 Å². The van der Waals surface area contributed by atoms with Gasteiger partial charge in [0.15, 0.2) is 0 Å². The Morgan fingerprint density at radius 1 is 1.04 bits per heavy atom. The highest BCUT2D eigenvalue weighted by Crippen LogP contribution is 2.19. The van der Waals surface area contributed by atoms with Crippen molar-refractivity contribution in [2.24, 2.45) is 0 Å². The van der Waals surface area contributed by atoms with E-state index in [-0.39, 0.29) is 6.10 Å². The van der Waals surface area contributed by atoms with Crippen LogP contribution in [0.15, 0.2) is 48.5 Å². The number of alkyl halides is 2. The van der Waals surface area contributed by atoms with Gasteiger partial charge < -0.3 is 14.8 Å². The molecule has 1 aliphatic heterocycles. The summed E-state index contributed by atoms with van der Waals surface area (Å²) in [6.45, 7) is -0.0728. The number of benzene rings is 2. The molecule has 1 N–H and O–H groups in total. The van der Waals surface area contributed by atoms with E-state index in [4.69, 9.17) is 4.74 Å². The average Bonchev–Trinajstić information content (AvgIpc) is 2.59. The number of anilines is 1. The molecule has 0 bridgehead atoms. The third-order valence-corrected chi connectivity index (χ3v) is 4.23. The second-order valence-corrected chi connectivity index (χ2v) is 6.11. The Labute approximate surface area is 146 Å². The number of nitrogens with one attached hydrogen (secondary N) is 1. The summed E-state index contributed by atoms with van der Waals surface area (Å²) >= 11 is 0. The summed E-state index contributed by atoms with van der Waals surface area (Å²) in [7, 11) is 1.65. The Morgan fingerprint density at radius 2 is 1.68 bits per heavy atom. The van der Waals surface area contributed by atoms with E-state index in [1.165, 1.54) is 5.56 Å². The van der Waals surface area contributed by atoms with E-state index >= 15 is 0 Å². The molecule has 0 spiro atoms. The van der Waals surface area contributed by atoms with E-state index in [9.17, 15) is 8.78 Å². The third kappa shape index (κ3) is 5.14. The second kappa shape index (κ2) is 8.27. The maximum absolute atomic E-state index is 12.1. The van der Waals surface area contributed by atoms with Crippen molar-refractivity contribution in [2.75, 3.05) is 25.5 Å². The molecule has 2 aromatic carbocycles. The predicted octanol–water partition coefficient (Wildman–Crippen LogP) is 3.73. The van der Waals surface area contributed by atoms with Gasteiger partial charge in [-0.1, -0.05) is 24.3 Å². The molecule has 0 amide bonds. The molecule has 4 nitrogen and oxygen atoms in total. The van der Waals surface area contributed by atoms with Crippen LogP contribution in [-0.4, -0.2) is 37.8 Å². The third-order valence-electron chi connectivity index (χ3n) is 4.23. The summed E-state index contributed by atoms with van der Waals surface area (Å²) in [5, 5.41) is 3.38. The minimum absolute atomic E-state index is 0.342. The highest BCUT2D eigenvalue weighted by molar-refractivity contribution is 5.45. The van der Waals surface area contributed by atoms with Crippen LogP contribution in [-0.2, 0) is 17.8 Å². The van der Waals surface area contributed by atoms with Gasteiger partial charge in [0.25, 0.3) is 0 Å². The number of methoxy groups -OCH3 is 1. The van der Waals surface area contributed by atoms with E-state index in [2.05, 4.69) is 27.1 Å². The van der Waals surface area contributed by atoms with E-state index in [0.29, 0.717) is 13.1 Å². The molecule has 25 heavy (non-hydrogen) atoms. The minimum atomic E-state index is -2.68. The van der Waals surface area contributed by atoms with Gasteiger partial charge in [-0.15, -0.1) is 0 Å². The van der Waals surface area contributed by atoms with Gasteiger partial charge in [-0.2, -0.15) is 8.78 Å². The summed E-state index contributed by atoms with van der Waals surface area (Å²) < 4.78 is 33.8. The number of ether oxygens (including phenoxy) is 2. The standard InChI is InChI=1S/C19H22F2N2O2/c1-24-17-8-4-14(5-9-17)10-22-16-6-2-15(3-7-16)11-23-12-18(13-23)25-19(20)21/h2-9,18-19,22H,10-13H2,1H3. The summed E-state index contributed by atoms with van der Waals surface area (Å²) in [4.78, 5) is 2.09. The Balaban J connectivity index is 1.43. The first-order valence-electron chi connectivity index (χ1n) is 8.24. The molecule has 2 aromatic rings. The number of likely N-dealkylation sites (tertiary alicyclic amines) is 1. The van der Waals surface area contributed by atoms with Crippen molar-refractivity contribution in [1.82, 2.24) is 4.90 Å². The Hall–Kier alpha value is -2.18. The van der Waals surface area contributed by atoms with Crippen molar-refractivity contribution in [3.8, 4) is 5.75 Å². The summed E-state index contributed by atoms with van der Waals surface area (Å²) in [6.07, 6.45) is -0.342. The molecule has 0 unspecified atom stereocenters. The first-order valence-corrected chi connectivity index (χ1v) is 8.24. The van der Waals surface area contributed by atoms with Gasteiger partial charge in [-0.3, -0.25) is 4.90 Å². The maximum atomic E-state index is 12.1. The summed E-state index contributed by atoms with van der Waals surface area (Å²) in [6, 6.07) is 16.1. The van der Waals surface area contributed by atoms with Crippen molar-refractivity contribution in [3.05, 3.63) is 59.7 Å². The molecule has 0 atom stereocenters. The first kappa shape index (κ1) is 17.6. The molecule has 0 radical (unpaired) electrons. The molecule has 3 rings (SSSR count). The largest absolute Gasteiger partial charge is 0.497 e. The second-order valence-electron chi connectivity index (χ2n) is 6.11. The number of hydrogen-bond acceptors (Lipinski definition) is 4. The normalized spacial score (nSPS) is 15.2. The molecule has 134 valence electrons. The molecule has 1 saturated heterocycles. The fraction of sp³-hybridized carbons (Fsp3) is 0.368. The Bertz CT molecular complexity index is 656. The number of hydrogen-bond donors (Lipinski definition) is 1. The molecule has 6 heteroatoms. The van der Waals surface area contributed by atoms with Crippen LogP contribution in [0.1, 0.15) is 11.1 Å². The predicted molar refractivity (Wildman–Crippen MR) is 92.9 cm³/mol. The van der Waals surface area contributed by atoms with Crippen LogP contribution < -0.4 is 10.1 Å². The fourth-order valence-corrected chi connectivity index (χ4v) is 2.82. The zero-order valence-electron chi connectivity index (χ0n) is 14.1. The van der Waals surface area contributed by atoms with Crippen LogP contribution >= 0.6 is 0 Å². The lowest BCUT2D eigenvalue weighted by Gasteiger charge is -2.38. The van der Waals surface area contributed by atoms with Crippen LogP contribution in [0.4, 0.5) is 14.5 Å². The first-order chi connectivity index (χ1) is 12.1. The molecular weight excluding hydrogens is 326 g/mol. The van der Waals surface area contributed by atoms with Crippen LogP contribution in [0.25, 0.3) is 0 Å². The van der Waals surface area contributed by atoms with E-state index in [1.54, 1.807) is 7.11 Å². The van der Waals surface area contributed by atoms with E-state index in [1.807, 2.05) is 36.4 Å². The number of halogens is 2. The summed E-state index contributed by atoms with van der Waals surface area (Å²) in [5.41, 5.74) is 3.38. The van der Waals surface area contributed by atoms with Gasteiger partial charge >= 0.3 is 6.61 Å². The lowest BCUT2D eigenvalue weighted by atomic mass is 10.1. The van der Waals surface area contributed by atoms with Gasteiger partial charge in [0.1, 0.15) is 5.75 Å². The molecule has 1 fully saturated rings. The zero-order valence-corrected chi connectivity index (χ0v) is 14.1. The van der Waals surface area contributed by atoms with Crippen molar-refractivity contribution < 1.29 is 18.3 Å². The Kier molecular flexibility index (Phi) is 5.83. The quantitative estimate of drug-likeness (QED) is 0.788. The van der Waals surface area contributed by atoms with Gasteiger partial charge in [0.05, 0.1) is 13.2 Å². The topological polar surface area (TPSA) is 33.7 Å². The van der Waals surface area contributed by atoms with Crippen molar-refractivity contribution in [3.63, 3.8) is 0 Å². The Morgan fingerprint density at radius 3 is 2.28 bits per heavy atom. The highest BCUT2D eigenvalue weighted by Gasteiger charge is 2.29. The van der Waals surface area contributed by atoms with Crippen LogP contribution in [0.2, 0.25) is 0 Å². The lowest BCUT2D eigenvalue weighted by Crippen LogP contribution is -2.52. The average molecular weight is 348 g/mol. The van der Waals surface area contributed by atoms with Gasteiger partial charge in [0, 0.05) is 31.9 Å². The molecule has 1 aliphatic rings. The molecule has 1 heterocycles. The monoisotopic (exact) mass is 348 g/mol.